The van der Waals surface area contributed by atoms with Crippen LogP contribution >= 0.6 is 11.8 Å². The monoisotopic (exact) mass is 311 g/mol. The zero-order valence-corrected chi connectivity index (χ0v) is 14.6. The molecule has 0 heterocycles. The van der Waals surface area contributed by atoms with Crippen LogP contribution in [0.4, 0.5) is 0 Å². The van der Waals surface area contributed by atoms with Gasteiger partial charge in [-0.05, 0) is 49.5 Å². The summed E-state index contributed by atoms with van der Waals surface area (Å²) in [6, 6.07) is 8.21. The Kier molecular flexibility index (Phi) is 11.5. The number of benzene rings is 1. The van der Waals surface area contributed by atoms with Crippen LogP contribution in [0.2, 0.25) is 0 Å². The van der Waals surface area contributed by atoms with Crippen LogP contribution in [-0.2, 0) is 0 Å². The highest BCUT2D eigenvalue weighted by molar-refractivity contribution is 8.02. The first kappa shape index (κ1) is 19.9. The topological polar surface area (TPSA) is 12.4 Å². The van der Waals surface area contributed by atoms with Gasteiger partial charge < -0.3 is 0 Å². The Bertz CT molecular complexity index is 577. The second-order valence-corrected chi connectivity index (χ2v) is 5.11. The van der Waals surface area contributed by atoms with Crippen LogP contribution in [0.1, 0.15) is 26.3 Å². The van der Waals surface area contributed by atoms with Crippen molar-refractivity contribution in [3.05, 3.63) is 84.5 Å². The molecule has 22 heavy (non-hydrogen) atoms. The molecule has 0 atom stereocenters. The average molecular weight is 311 g/mol. The van der Waals surface area contributed by atoms with Gasteiger partial charge in [0.25, 0.3) is 0 Å². The zero-order chi connectivity index (χ0) is 16.8. The molecule has 0 bridgehead atoms. The first-order valence-corrected chi connectivity index (χ1v) is 7.97. The molecule has 1 nitrogen and oxygen atoms in total. The summed E-state index contributed by atoms with van der Waals surface area (Å²) in [6.45, 7) is 15.9. The van der Waals surface area contributed by atoms with Gasteiger partial charge >= 0.3 is 0 Å². The third kappa shape index (κ3) is 7.65. The molecule has 0 radical (unpaired) electrons. The molecule has 0 aromatic heterocycles. The van der Waals surface area contributed by atoms with Gasteiger partial charge in [0.1, 0.15) is 0 Å². The predicted molar refractivity (Wildman–Crippen MR) is 104 cm³/mol. The normalized spacial score (nSPS) is 12.3. The maximum atomic E-state index is 4.43. The van der Waals surface area contributed by atoms with Crippen LogP contribution < -0.4 is 0 Å². The number of thioether (sulfide) groups is 1. The van der Waals surface area contributed by atoms with E-state index in [9.17, 15) is 0 Å². The fourth-order valence-electron chi connectivity index (χ4n) is 1.40. The lowest BCUT2D eigenvalue weighted by Gasteiger charge is -2.01. The van der Waals surface area contributed by atoms with Gasteiger partial charge in [0.2, 0.25) is 0 Å². The van der Waals surface area contributed by atoms with Crippen molar-refractivity contribution >= 4 is 24.1 Å². The summed E-state index contributed by atoms with van der Waals surface area (Å²) in [5.41, 5.74) is 3.26. The molecule has 0 unspecified atom stereocenters. The van der Waals surface area contributed by atoms with Crippen LogP contribution in [0.3, 0.4) is 0 Å². The number of rotatable bonds is 6. The number of hydrogen-bond acceptors (Lipinski definition) is 2. The first-order chi connectivity index (χ1) is 10.7. The largest absolute Gasteiger partial charge is 0.257 e. The Morgan fingerprint density at radius 1 is 1.14 bits per heavy atom. The number of allylic oxidation sites excluding steroid dienone is 4. The fourth-order valence-corrected chi connectivity index (χ4v) is 2.20. The highest BCUT2D eigenvalue weighted by Crippen LogP contribution is 2.24. The Balaban J connectivity index is 0.00000211. The standard InChI is InChI=1S/C18H21NS.C2H4/c1-5-15(4)14-19-17(7-3)12-13-20-18-11-9-8-10-16(18)6-2;1-2/h5-14H,2H2,1,3-4H3;1-2H2/b13-12-,15-5-,17-7+,19-14-;. The van der Waals surface area contributed by atoms with Crippen LogP contribution in [-0.4, -0.2) is 6.21 Å². The Hall–Kier alpha value is -2.06. The third-order valence-electron chi connectivity index (χ3n) is 2.74. The first-order valence-electron chi connectivity index (χ1n) is 7.09. The third-order valence-corrected chi connectivity index (χ3v) is 3.64. The molecule has 0 aliphatic heterocycles. The highest BCUT2D eigenvalue weighted by atomic mass is 32.2. The number of aliphatic imine (C=N–C) groups is 1. The highest BCUT2D eigenvalue weighted by Gasteiger charge is 1.96. The van der Waals surface area contributed by atoms with E-state index in [0.717, 1.165) is 16.8 Å². The van der Waals surface area contributed by atoms with E-state index >= 15 is 0 Å². The summed E-state index contributed by atoms with van der Waals surface area (Å²) in [4.78, 5) is 5.63. The molecule has 0 aliphatic carbocycles. The van der Waals surface area contributed by atoms with Crippen molar-refractivity contribution < 1.29 is 0 Å². The van der Waals surface area contributed by atoms with E-state index in [0.29, 0.717) is 0 Å². The maximum absolute atomic E-state index is 4.43. The predicted octanol–water partition coefficient (Wildman–Crippen LogP) is 6.68. The maximum Gasteiger partial charge on any atom is 0.0592 e. The second kappa shape index (κ2) is 12.7. The van der Waals surface area contributed by atoms with Gasteiger partial charge in [-0.3, -0.25) is 4.99 Å². The minimum absolute atomic E-state index is 0.954. The smallest absolute Gasteiger partial charge is 0.0592 e. The van der Waals surface area contributed by atoms with E-state index in [4.69, 9.17) is 0 Å². The Morgan fingerprint density at radius 3 is 2.41 bits per heavy atom. The van der Waals surface area contributed by atoms with E-state index < -0.39 is 0 Å². The summed E-state index contributed by atoms with van der Waals surface area (Å²) < 4.78 is 0. The van der Waals surface area contributed by atoms with Crippen LogP contribution in [0.5, 0.6) is 0 Å². The van der Waals surface area contributed by atoms with Gasteiger partial charge in [0.05, 0.1) is 5.70 Å². The SMILES string of the molecule is C=C.C=Cc1ccccc1S\C=C/C(=C\C)/N=C\C(C)=C/C. The van der Waals surface area contributed by atoms with E-state index in [1.54, 1.807) is 11.8 Å². The molecule has 2 heteroatoms. The molecule has 0 aliphatic rings. The van der Waals surface area contributed by atoms with Crippen LogP contribution in [0, 0.1) is 0 Å². The van der Waals surface area contributed by atoms with Crippen molar-refractivity contribution in [2.75, 3.05) is 0 Å². The fraction of sp³-hybridized carbons (Fsp3) is 0.150. The molecular formula is C20H25NS. The Labute approximate surface area is 139 Å². The number of hydrogen-bond donors (Lipinski definition) is 0. The molecular weight excluding hydrogens is 286 g/mol. The van der Waals surface area contributed by atoms with E-state index in [-0.39, 0.29) is 0 Å². The molecule has 116 valence electrons. The summed E-state index contributed by atoms with van der Waals surface area (Å²) in [5.74, 6) is 0. The molecule has 0 fully saturated rings. The number of nitrogens with zero attached hydrogens (tertiary/aromatic N) is 1. The van der Waals surface area contributed by atoms with Gasteiger partial charge in [-0.2, -0.15) is 0 Å². The molecule has 1 rings (SSSR count). The van der Waals surface area contributed by atoms with E-state index in [1.807, 2.05) is 63.4 Å². The van der Waals surface area contributed by atoms with Gasteiger partial charge in [0.15, 0.2) is 0 Å². The second-order valence-electron chi connectivity index (χ2n) is 4.17. The molecule has 0 spiro atoms. The van der Waals surface area contributed by atoms with Crippen molar-refractivity contribution in [3.63, 3.8) is 0 Å². The average Bonchev–Trinajstić information content (AvgIpc) is 2.59. The van der Waals surface area contributed by atoms with Crippen molar-refractivity contribution in [2.45, 2.75) is 25.7 Å². The molecule has 0 N–H and O–H groups in total. The zero-order valence-electron chi connectivity index (χ0n) is 13.8. The lowest BCUT2D eigenvalue weighted by molar-refractivity contribution is 1.38. The lowest BCUT2D eigenvalue weighted by Crippen LogP contribution is -1.79. The Morgan fingerprint density at radius 2 is 1.82 bits per heavy atom. The van der Waals surface area contributed by atoms with Crippen LogP contribution in [0.15, 0.2) is 88.8 Å². The molecule has 1 aromatic carbocycles. The van der Waals surface area contributed by atoms with Crippen molar-refractivity contribution in [3.8, 4) is 0 Å². The van der Waals surface area contributed by atoms with Crippen molar-refractivity contribution in [2.24, 2.45) is 4.99 Å². The van der Waals surface area contributed by atoms with Crippen LogP contribution in [0.25, 0.3) is 6.08 Å². The van der Waals surface area contributed by atoms with E-state index in [2.05, 4.69) is 42.3 Å². The van der Waals surface area contributed by atoms with E-state index in [1.165, 1.54) is 4.90 Å². The summed E-state index contributed by atoms with van der Waals surface area (Å²) >= 11 is 1.67. The van der Waals surface area contributed by atoms with Crippen molar-refractivity contribution in [1.82, 2.24) is 0 Å². The molecule has 0 saturated carbocycles. The molecule has 1 aromatic rings. The molecule has 0 amide bonds. The van der Waals surface area contributed by atoms with Gasteiger partial charge in [-0.1, -0.05) is 54.8 Å². The van der Waals surface area contributed by atoms with Crippen molar-refractivity contribution in [1.29, 1.82) is 0 Å². The summed E-state index contributed by atoms with van der Waals surface area (Å²) in [5, 5.41) is 2.06. The van der Waals surface area contributed by atoms with Gasteiger partial charge in [-0.25, -0.2) is 0 Å². The minimum Gasteiger partial charge on any atom is -0.257 e. The van der Waals surface area contributed by atoms with Gasteiger partial charge in [0, 0.05) is 11.1 Å². The summed E-state index contributed by atoms with van der Waals surface area (Å²) in [7, 11) is 0. The lowest BCUT2D eigenvalue weighted by atomic mass is 10.2. The summed E-state index contributed by atoms with van der Waals surface area (Å²) in [6.07, 6.45) is 9.80. The minimum atomic E-state index is 0.954. The molecule has 0 saturated heterocycles. The van der Waals surface area contributed by atoms with Gasteiger partial charge in [-0.15, -0.1) is 13.2 Å². The quantitative estimate of drug-likeness (QED) is 0.247.